The first-order chi connectivity index (χ1) is 9.28. The van der Waals surface area contributed by atoms with Gasteiger partial charge >= 0.3 is 0 Å². The highest BCUT2D eigenvalue weighted by atomic mass is 32.2. The number of ether oxygens (including phenoxy) is 1. The summed E-state index contributed by atoms with van der Waals surface area (Å²) in [4.78, 5) is 0. The number of thioether (sulfide) groups is 1. The monoisotopic (exact) mass is 278 g/mol. The molecule has 1 N–H and O–H groups in total. The van der Waals surface area contributed by atoms with E-state index in [1.807, 2.05) is 36.5 Å². The lowest BCUT2D eigenvalue weighted by atomic mass is 10.2. The van der Waals surface area contributed by atoms with Crippen molar-refractivity contribution in [3.63, 3.8) is 0 Å². The summed E-state index contributed by atoms with van der Waals surface area (Å²) in [5.41, 5.74) is 1.23. The summed E-state index contributed by atoms with van der Waals surface area (Å²) >= 11 is 1.72. The number of aliphatic hydroxyl groups excluding tert-OH is 1. The van der Waals surface area contributed by atoms with Crippen molar-refractivity contribution >= 4 is 11.8 Å². The smallest absolute Gasteiger partial charge is 0.118 e. The van der Waals surface area contributed by atoms with E-state index in [0.717, 1.165) is 11.5 Å². The molecule has 1 unspecified atom stereocenters. The van der Waals surface area contributed by atoms with E-state index in [0.29, 0.717) is 12.3 Å². The Hall–Kier alpha value is -1.46. The molecule has 1 heterocycles. The summed E-state index contributed by atoms with van der Waals surface area (Å²) in [5.74, 6) is 2.46. The van der Waals surface area contributed by atoms with E-state index in [-0.39, 0.29) is 6.10 Å². The molecule has 0 amide bonds. The molecule has 4 nitrogen and oxygen atoms in total. The fraction of sp³-hybridized carbons (Fsp3) is 0.357. The predicted octanol–water partition coefficient (Wildman–Crippen LogP) is 2.19. The van der Waals surface area contributed by atoms with E-state index in [4.69, 9.17) is 4.74 Å². The fourth-order valence-corrected chi connectivity index (χ4v) is 2.64. The number of methoxy groups -OCH3 is 1. The van der Waals surface area contributed by atoms with Crippen LogP contribution < -0.4 is 4.74 Å². The maximum Gasteiger partial charge on any atom is 0.118 e. The van der Waals surface area contributed by atoms with E-state index in [1.54, 1.807) is 29.8 Å². The van der Waals surface area contributed by atoms with E-state index in [2.05, 4.69) is 5.10 Å². The summed E-state index contributed by atoms with van der Waals surface area (Å²) in [6, 6.07) is 9.86. The predicted molar refractivity (Wildman–Crippen MR) is 77.4 cm³/mol. The number of aliphatic hydroxyl groups is 1. The Morgan fingerprint density at radius 2 is 2.16 bits per heavy atom. The van der Waals surface area contributed by atoms with Crippen molar-refractivity contribution in [2.45, 2.75) is 18.4 Å². The van der Waals surface area contributed by atoms with Gasteiger partial charge in [-0.15, -0.1) is 0 Å². The Morgan fingerprint density at radius 3 is 2.79 bits per heavy atom. The van der Waals surface area contributed by atoms with Gasteiger partial charge in [0.2, 0.25) is 0 Å². The largest absolute Gasteiger partial charge is 0.497 e. The van der Waals surface area contributed by atoms with Crippen LogP contribution in [0.1, 0.15) is 5.56 Å². The first-order valence-corrected chi connectivity index (χ1v) is 7.29. The molecular formula is C14H18N2O2S. The molecule has 0 saturated heterocycles. The molecule has 0 aliphatic carbocycles. The van der Waals surface area contributed by atoms with Gasteiger partial charge < -0.3 is 9.84 Å². The zero-order valence-corrected chi connectivity index (χ0v) is 11.7. The van der Waals surface area contributed by atoms with Crippen LogP contribution in [0, 0.1) is 0 Å². The van der Waals surface area contributed by atoms with Gasteiger partial charge in [0, 0.05) is 23.9 Å². The molecule has 19 heavy (non-hydrogen) atoms. The molecule has 0 saturated carbocycles. The van der Waals surface area contributed by atoms with Gasteiger partial charge in [0.1, 0.15) is 5.75 Å². The van der Waals surface area contributed by atoms with Crippen LogP contribution in [0.2, 0.25) is 0 Å². The van der Waals surface area contributed by atoms with Crippen molar-refractivity contribution in [2.24, 2.45) is 0 Å². The maximum absolute atomic E-state index is 9.88. The molecule has 2 aromatic rings. The lowest BCUT2D eigenvalue weighted by molar-refractivity contribution is 0.173. The lowest BCUT2D eigenvalue weighted by Gasteiger charge is -2.10. The second kappa shape index (κ2) is 7.21. The van der Waals surface area contributed by atoms with E-state index < -0.39 is 0 Å². The zero-order chi connectivity index (χ0) is 13.5. The average molecular weight is 278 g/mol. The van der Waals surface area contributed by atoms with Gasteiger partial charge in [-0.3, -0.25) is 4.68 Å². The number of hydrogen-bond acceptors (Lipinski definition) is 4. The minimum Gasteiger partial charge on any atom is -0.497 e. The number of benzene rings is 1. The minimum absolute atomic E-state index is 0.372. The Kier molecular flexibility index (Phi) is 5.30. The van der Waals surface area contributed by atoms with Crippen LogP contribution in [0.5, 0.6) is 5.75 Å². The Labute approximate surface area is 117 Å². The third kappa shape index (κ3) is 4.61. The number of nitrogens with zero attached hydrogens (tertiary/aromatic N) is 2. The minimum atomic E-state index is -0.372. The molecule has 1 aromatic heterocycles. The van der Waals surface area contributed by atoms with Crippen molar-refractivity contribution in [1.82, 2.24) is 9.78 Å². The van der Waals surface area contributed by atoms with Gasteiger partial charge in [0.15, 0.2) is 0 Å². The normalized spacial score (nSPS) is 12.3. The highest BCUT2D eigenvalue weighted by molar-refractivity contribution is 7.98. The Morgan fingerprint density at radius 1 is 1.37 bits per heavy atom. The van der Waals surface area contributed by atoms with Crippen LogP contribution in [-0.2, 0) is 12.3 Å². The average Bonchev–Trinajstić information content (AvgIpc) is 2.92. The molecule has 0 aliphatic heterocycles. The van der Waals surface area contributed by atoms with E-state index in [1.165, 1.54) is 5.56 Å². The maximum atomic E-state index is 9.88. The van der Waals surface area contributed by atoms with Gasteiger partial charge in [-0.2, -0.15) is 16.9 Å². The van der Waals surface area contributed by atoms with Gasteiger partial charge in [-0.25, -0.2) is 0 Å². The van der Waals surface area contributed by atoms with Crippen LogP contribution in [0.25, 0.3) is 0 Å². The van der Waals surface area contributed by atoms with Crippen molar-refractivity contribution < 1.29 is 9.84 Å². The number of hydrogen-bond donors (Lipinski definition) is 1. The van der Waals surface area contributed by atoms with Crippen LogP contribution >= 0.6 is 11.8 Å². The lowest BCUT2D eigenvalue weighted by Crippen LogP contribution is -2.18. The van der Waals surface area contributed by atoms with Gasteiger partial charge in [-0.05, 0) is 23.8 Å². The summed E-state index contributed by atoms with van der Waals surface area (Å²) < 4.78 is 6.86. The second-order valence-electron chi connectivity index (χ2n) is 4.25. The van der Waals surface area contributed by atoms with Crippen LogP contribution in [0.3, 0.4) is 0 Å². The molecule has 0 spiro atoms. The molecule has 0 aliphatic rings. The van der Waals surface area contributed by atoms with Crippen molar-refractivity contribution in [1.29, 1.82) is 0 Å². The zero-order valence-electron chi connectivity index (χ0n) is 10.9. The highest BCUT2D eigenvalue weighted by Crippen LogP contribution is 2.17. The van der Waals surface area contributed by atoms with Crippen LogP contribution in [-0.4, -0.2) is 33.9 Å². The quantitative estimate of drug-likeness (QED) is 0.843. The molecular weight excluding hydrogens is 260 g/mol. The molecule has 0 bridgehead atoms. The SMILES string of the molecule is COc1ccc(CSCC(O)Cn2cccn2)cc1. The molecule has 2 rings (SSSR count). The summed E-state index contributed by atoms with van der Waals surface area (Å²) in [6.45, 7) is 0.544. The van der Waals surface area contributed by atoms with Crippen molar-refractivity contribution in [2.75, 3.05) is 12.9 Å². The topological polar surface area (TPSA) is 47.3 Å². The first kappa shape index (κ1) is 14.0. The molecule has 0 fully saturated rings. The third-order valence-corrected chi connectivity index (χ3v) is 3.85. The Balaban J connectivity index is 1.70. The van der Waals surface area contributed by atoms with E-state index in [9.17, 15) is 5.11 Å². The summed E-state index contributed by atoms with van der Waals surface area (Å²) in [7, 11) is 1.66. The van der Waals surface area contributed by atoms with Gasteiger partial charge in [0.25, 0.3) is 0 Å². The van der Waals surface area contributed by atoms with Gasteiger partial charge in [-0.1, -0.05) is 12.1 Å². The van der Waals surface area contributed by atoms with Crippen LogP contribution in [0.4, 0.5) is 0 Å². The van der Waals surface area contributed by atoms with Crippen molar-refractivity contribution in [3.05, 3.63) is 48.3 Å². The number of rotatable bonds is 7. The van der Waals surface area contributed by atoms with E-state index >= 15 is 0 Å². The van der Waals surface area contributed by atoms with Gasteiger partial charge in [0.05, 0.1) is 19.8 Å². The standard InChI is InChI=1S/C14H18N2O2S/c1-18-14-5-3-12(4-6-14)10-19-11-13(17)9-16-8-2-7-15-16/h2-8,13,17H,9-11H2,1H3. The first-order valence-electron chi connectivity index (χ1n) is 6.14. The van der Waals surface area contributed by atoms with Crippen molar-refractivity contribution in [3.8, 4) is 5.75 Å². The summed E-state index contributed by atoms with van der Waals surface area (Å²) in [6.07, 6.45) is 3.21. The molecule has 1 aromatic carbocycles. The fourth-order valence-electron chi connectivity index (χ4n) is 1.71. The third-order valence-electron chi connectivity index (χ3n) is 2.70. The molecule has 0 radical (unpaired) electrons. The highest BCUT2D eigenvalue weighted by Gasteiger charge is 2.05. The molecule has 102 valence electrons. The second-order valence-corrected chi connectivity index (χ2v) is 5.28. The molecule has 1 atom stereocenters. The molecule has 5 heteroatoms. The van der Waals surface area contributed by atoms with Crippen LogP contribution in [0.15, 0.2) is 42.7 Å². The summed E-state index contributed by atoms with van der Waals surface area (Å²) in [5, 5.41) is 14.0. The Bertz CT molecular complexity index is 471. The number of aromatic nitrogens is 2.